The fraction of sp³-hybridized carbons (Fsp3) is 0.340. The fourth-order valence-corrected chi connectivity index (χ4v) is 10.6. The Hall–Kier alpha value is -6.17. The predicted molar refractivity (Wildman–Crippen MR) is 274 cm³/mol. The minimum absolute atomic E-state index is 0.0586. The maximum atomic E-state index is 14.3. The van der Waals surface area contributed by atoms with Crippen LogP contribution in [0.1, 0.15) is 37.6 Å². The van der Waals surface area contributed by atoms with Crippen LogP contribution in [0.5, 0.6) is 28.9 Å². The minimum Gasteiger partial charge on any atom is -0.544 e. The van der Waals surface area contributed by atoms with E-state index in [0.717, 1.165) is 53.5 Å². The minimum atomic E-state index is -2.03. The summed E-state index contributed by atoms with van der Waals surface area (Å²) in [5, 5.41) is 11.8. The standard InChI is InChI=1S/C53H56ClFN6O7SSi/c1-32-41-17-19-43(47(32)54)66-40(28-61-24-22-60(5)23-25-61)30-64-39-16-18-42(65-29-37-20-21-56-49(59-37)34-10-14-38(15-11-34)68-70(6,7)53(2,3)4)35(26-39)27-44(52(62)63)67-50-46-45(41)48(69-51(46)58-31-57-50)33-8-12-36(55)13-9-33/h8-21,26,31,40,44H,22-25,27-30H2,1-7H3,(H,62,63)/t40-,44-/m1/s1. The first-order valence-corrected chi connectivity index (χ1v) is 27.4. The summed E-state index contributed by atoms with van der Waals surface area (Å²) in [6, 6.07) is 24.9. The molecule has 1 fully saturated rings. The van der Waals surface area contributed by atoms with Crippen LogP contribution in [-0.2, 0) is 17.8 Å². The summed E-state index contributed by atoms with van der Waals surface area (Å²) < 4.78 is 47.1. The number of piperazine rings is 1. The highest BCUT2D eigenvalue weighted by Crippen LogP contribution is 2.50. The van der Waals surface area contributed by atoms with E-state index in [1.54, 1.807) is 42.6 Å². The number of benzene rings is 4. The van der Waals surface area contributed by atoms with Gasteiger partial charge in [0.25, 0.3) is 0 Å². The van der Waals surface area contributed by atoms with E-state index in [0.29, 0.717) is 67.2 Å². The van der Waals surface area contributed by atoms with Gasteiger partial charge in [-0.15, -0.1) is 11.3 Å². The summed E-state index contributed by atoms with van der Waals surface area (Å²) in [6.07, 6.45) is 1.03. The van der Waals surface area contributed by atoms with Gasteiger partial charge in [0.1, 0.15) is 59.3 Å². The molecule has 364 valence electrons. The Morgan fingerprint density at radius 1 is 0.943 bits per heavy atom. The van der Waals surface area contributed by atoms with Crippen molar-refractivity contribution in [1.82, 2.24) is 29.7 Å². The third-order valence-electron chi connectivity index (χ3n) is 13.3. The van der Waals surface area contributed by atoms with Crippen molar-refractivity contribution < 1.29 is 37.7 Å². The zero-order chi connectivity index (χ0) is 49.3. The molecule has 4 aromatic carbocycles. The Bertz CT molecular complexity index is 3020. The lowest BCUT2D eigenvalue weighted by molar-refractivity contribution is -0.145. The van der Waals surface area contributed by atoms with Crippen molar-refractivity contribution in [2.45, 2.75) is 71.1 Å². The summed E-state index contributed by atoms with van der Waals surface area (Å²) in [6.45, 7) is 17.3. The highest BCUT2D eigenvalue weighted by molar-refractivity contribution is 7.22. The maximum absolute atomic E-state index is 14.3. The van der Waals surface area contributed by atoms with Crippen molar-refractivity contribution in [2.24, 2.45) is 0 Å². The van der Waals surface area contributed by atoms with Gasteiger partial charge in [0.15, 0.2) is 5.82 Å². The highest BCUT2D eigenvalue weighted by atomic mass is 35.5. The first kappa shape index (κ1) is 48.8. The number of ether oxygens (including phenoxy) is 4. The predicted octanol–water partition coefficient (Wildman–Crippen LogP) is 11.0. The van der Waals surface area contributed by atoms with Crippen molar-refractivity contribution >= 4 is 47.4 Å². The van der Waals surface area contributed by atoms with Gasteiger partial charge in [-0.25, -0.2) is 29.1 Å². The van der Waals surface area contributed by atoms with Gasteiger partial charge in [-0.05, 0) is 116 Å². The van der Waals surface area contributed by atoms with E-state index < -0.39 is 26.5 Å². The maximum Gasteiger partial charge on any atom is 0.345 e. The van der Waals surface area contributed by atoms with Gasteiger partial charge < -0.3 is 33.4 Å². The van der Waals surface area contributed by atoms with Gasteiger partial charge in [-0.2, -0.15) is 0 Å². The molecule has 2 atom stereocenters. The third-order valence-corrected chi connectivity index (χ3v) is 19.3. The molecule has 1 N–H and O–H groups in total. The number of fused-ring (bicyclic) bond motifs is 7. The smallest absolute Gasteiger partial charge is 0.345 e. The van der Waals surface area contributed by atoms with E-state index in [1.165, 1.54) is 29.8 Å². The van der Waals surface area contributed by atoms with Crippen molar-refractivity contribution in [3.63, 3.8) is 0 Å². The molecule has 3 aromatic heterocycles. The average molecular weight is 1000 g/mol. The normalized spacial score (nSPS) is 17.0. The molecule has 4 bridgehead atoms. The zero-order valence-electron chi connectivity index (χ0n) is 40.3. The molecular weight excluding hydrogens is 947 g/mol. The van der Waals surface area contributed by atoms with E-state index in [2.05, 4.69) is 65.7 Å². The van der Waals surface area contributed by atoms with Gasteiger partial charge in [0, 0.05) is 66.9 Å². The molecule has 0 spiro atoms. The van der Waals surface area contributed by atoms with Crippen LogP contribution < -0.4 is 23.4 Å². The summed E-state index contributed by atoms with van der Waals surface area (Å²) in [5.41, 5.74) is 4.80. The average Bonchev–Trinajstić information content (AvgIpc) is 3.72. The Labute approximate surface area is 417 Å². The Morgan fingerprint density at radius 3 is 2.41 bits per heavy atom. The van der Waals surface area contributed by atoms with Crippen molar-refractivity contribution in [3.8, 4) is 61.8 Å². The van der Waals surface area contributed by atoms with Crippen LogP contribution in [0.15, 0.2) is 97.5 Å². The molecule has 17 heteroatoms. The number of likely N-dealkylation sites (N-methyl/N-ethyl adjacent to an activating group) is 1. The van der Waals surface area contributed by atoms with Crippen LogP contribution >= 0.6 is 22.9 Å². The van der Waals surface area contributed by atoms with Crippen LogP contribution in [0.25, 0.3) is 43.2 Å². The zero-order valence-corrected chi connectivity index (χ0v) is 42.9. The van der Waals surface area contributed by atoms with E-state index >= 15 is 0 Å². The van der Waals surface area contributed by atoms with Gasteiger partial charge in [0.05, 0.1) is 16.1 Å². The number of aromatic nitrogens is 4. The quantitative estimate of drug-likeness (QED) is 0.130. The molecule has 3 aliphatic heterocycles. The van der Waals surface area contributed by atoms with E-state index in [1.807, 2.05) is 43.3 Å². The van der Waals surface area contributed by atoms with E-state index in [4.69, 9.17) is 40.0 Å². The highest BCUT2D eigenvalue weighted by Gasteiger charge is 2.39. The number of halogens is 2. The van der Waals surface area contributed by atoms with Crippen molar-refractivity contribution in [2.75, 3.05) is 46.4 Å². The second-order valence-electron chi connectivity index (χ2n) is 19.3. The number of rotatable bonds is 10. The molecule has 6 heterocycles. The number of hydrogen-bond donors (Lipinski definition) is 1. The molecule has 3 aliphatic rings. The van der Waals surface area contributed by atoms with Crippen LogP contribution in [0.4, 0.5) is 4.39 Å². The number of carboxylic acid groups (broad SMARTS) is 1. The third kappa shape index (κ3) is 10.8. The van der Waals surface area contributed by atoms with E-state index in [-0.39, 0.29) is 36.4 Å². The molecule has 70 heavy (non-hydrogen) atoms. The van der Waals surface area contributed by atoms with Gasteiger partial charge in [-0.1, -0.05) is 50.6 Å². The SMILES string of the molecule is Cc1c2ccc(c1Cl)O[C@H](CN1CCN(C)CC1)COc1ccc(OCc3ccnc(-c4ccc(O[Si](C)(C)C(C)(C)C)cc4)n3)c(c1)C[C@H](C(=O)O)Oc1ncnc3sc(-c4ccc(F)cc4)c-2c13. The van der Waals surface area contributed by atoms with Crippen LogP contribution in [0.2, 0.25) is 23.2 Å². The summed E-state index contributed by atoms with van der Waals surface area (Å²) in [5.74, 6) is 1.19. The number of hydrogen-bond acceptors (Lipinski definition) is 13. The lowest BCUT2D eigenvalue weighted by Crippen LogP contribution is -2.49. The van der Waals surface area contributed by atoms with Crippen LogP contribution in [0.3, 0.4) is 0 Å². The molecular formula is C53H56ClFN6O7SSi. The Kier molecular flexibility index (Phi) is 14.1. The van der Waals surface area contributed by atoms with Crippen molar-refractivity contribution in [1.29, 1.82) is 0 Å². The number of nitrogens with zero attached hydrogens (tertiary/aromatic N) is 6. The summed E-state index contributed by atoms with van der Waals surface area (Å²) in [4.78, 5) is 37.8. The summed E-state index contributed by atoms with van der Waals surface area (Å²) >= 11 is 8.62. The molecule has 0 radical (unpaired) electrons. The molecule has 13 nitrogen and oxygen atoms in total. The summed E-state index contributed by atoms with van der Waals surface area (Å²) in [7, 11) is 0.0901. The molecule has 0 amide bonds. The fourth-order valence-electron chi connectivity index (χ4n) is 8.24. The lowest BCUT2D eigenvalue weighted by Gasteiger charge is -2.36. The van der Waals surface area contributed by atoms with E-state index in [9.17, 15) is 14.3 Å². The largest absolute Gasteiger partial charge is 0.544 e. The van der Waals surface area contributed by atoms with Gasteiger partial charge in [0.2, 0.25) is 20.3 Å². The van der Waals surface area contributed by atoms with Crippen molar-refractivity contribution in [3.05, 3.63) is 125 Å². The van der Waals surface area contributed by atoms with Gasteiger partial charge >= 0.3 is 5.97 Å². The Morgan fingerprint density at radius 2 is 1.69 bits per heavy atom. The number of carbonyl (C=O) groups is 1. The molecule has 7 aromatic rings. The molecule has 0 aliphatic carbocycles. The lowest BCUT2D eigenvalue weighted by atomic mass is 9.96. The second-order valence-corrected chi connectivity index (χ2v) is 25.4. The molecule has 10 rings (SSSR count). The van der Waals surface area contributed by atoms with Crippen LogP contribution in [0, 0.1) is 12.7 Å². The molecule has 0 unspecified atom stereocenters. The monoisotopic (exact) mass is 1000 g/mol. The number of aliphatic carboxylic acids is 1. The Balaban J connectivity index is 1.08. The molecule has 0 saturated carbocycles. The topological polar surface area (TPSA) is 141 Å². The first-order valence-electron chi connectivity index (χ1n) is 23.3. The first-order chi connectivity index (χ1) is 33.5. The number of carboxylic acids is 1. The second kappa shape index (κ2) is 20.3. The molecule has 1 saturated heterocycles. The number of thiophene rings is 1. The van der Waals surface area contributed by atoms with Gasteiger partial charge in [-0.3, -0.25) is 4.90 Å². The van der Waals surface area contributed by atoms with Crippen LogP contribution in [-0.4, -0.2) is 108 Å².